The van der Waals surface area contributed by atoms with Crippen LogP contribution in [-0.4, -0.2) is 40.9 Å². The summed E-state index contributed by atoms with van der Waals surface area (Å²) in [5, 5.41) is 9.27. The molecule has 2 heterocycles. The number of fused-ring (bicyclic) bond motifs is 1. The van der Waals surface area contributed by atoms with Gasteiger partial charge in [0.1, 0.15) is 0 Å². The first-order valence-electron chi connectivity index (χ1n) is 5.25. The Morgan fingerprint density at radius 3 is 3.17 bits per heavy atom. The van der Waals surface area contributed by atoms with Crippen LogP contribution in [0.2, 0.25) is 0 Å². The average molecular weight is 314 g/mol. The molecule has 0 aliphatic heterocycles. The summed E-state index contributed by atoms with van der Waals surface area (Å²) in [5.74, 6) is 0.253. The van der Waals surface area contributed by atoms with Crippen molar-refractivity contribution in [2.24, 2.45) is 0 Å². The molecule has 0 atom stereocenters. The van der Waals surface area contributed by atoms with Crippen LogP contribution < -0.4 is 10.6 Å². The van der Waals surface area contributed by atoms with E-state index in [1.54, 1.807) is 23.9 Å². The van der Waals surface area contributed by atoms with Crippen LogP contribution in [0.25, 0.3) is 5.65 Å². The summed E-state index contributed by atoms with van der Waals surface area (Å²) in [6.07, 6.45) is 1.76. The summed E-state index contributed by atoms with van der Waals surface area (Å²) in [6.45, 7) is 0.889. The number of halogens is 1. The van der Waals surface area contributed by atoms with Gasteiger partial charge in [0.2, 0.25) is 0 Å². The Kier molecular flexibility index (Phi) is 4.11. The van der Waals surface area contributed by atoms with Gasteiger partial charge in [-0.1, -0.05) is 0 Å². The third-order valence-corrected chi connectivity index (χ3v) is 2.58. The van der Waals surface area contributed by atoms with Crippen molar-refractivity contribution in [2.75, 3.05) is 25.6 Å². The number of aromatic nitrogens is 3. The number of methoxy groups -OCH3 is 1. The number of ether oxygens (including phenoxy) is 1. The lowest BCUT2D eigenvalue weighted by molar-refractivity contribution is 0.198. The van der Waals surface area contributed by atoms with Crippen molar-refractivity contribution in [3.8, 4) is 0 Å². The van der Waals surface area contributed by atoms with Gasteiger partial charge in [-0.3, -0.25) is 5.32 Å². The minimum absolute atomic E-state index is 0.253. The standard InChI is InChI=1S/C10H12BrN5O2/c1-18-5-4-12-10(17)14-9-13-8-3-2-7(11)6-16(8)15-9/h2-3,6H,4-5H2,1H3,(H2,12,14,15,17). The molecule has 2 aromatic rings. The molecule has 0 unspecified atom stereocenters. The number of pyridine rings is 1. The van der Waals surface area contributed by atoms with Crippen LogP contribution in [0.1, 0.15) is 0 Å². The number of nitrogens with zero attached hydrogens (tertiary/aromatic N) is 3. The Bertz CT molecular complexity index is 556. The van der Waals surface area contributed by atoms with E-state index in [0.717, 1.165) is 4.47 Å². The SMILES string of the molecule is COCCNC(=O)Nc1nc2ccc(Br)cn2n1. The van der Waals surface area contributed by atoms with E-state index >= 15 is 0 Å². The van der Waals surface area contributed by atoms with Crippen LogP contribution in [0.4, 0.5) is 10.7 Å². The van der Waals surface area contributed by atoms with Gasteiger partial charge in [-0.2, -0.15) is 4.98 Å². The van der Waals surface area contributed by atoms with Crippen LogP contribution in [0.5, 0.6) is 0 Å². The van der Waals surface area contributed by atoms with Crippen molar-refractivity contribution in [1.29, 1.82) is 0 Å². The number of carbonyl (C=O) groups is 1. The van der Waals surface area contributed by atoms with Gasteiger partial charge in [0.15, 0.2) is 5.65 Å². The summed E-state index contributed by atoms with van der Waals surface area (Å²) in [5.41, 5.74) is 0.658. The Labute approximate surface area is 112 Å². The van der Waals surface area contributed by atoms with Gasteiger partial charge < -0.3 is 10.1 Å². The predicted molar refractivity (Wildman–Crippen MR) is 69.6 cm³/mol. The zero-order valence-corrected chi connectivity index (χ0v) is 11.3. The molecule has 0 spiro atoms. The molecule has 0 aromatic carbocycles. The second-order valence-electron chi connectivity index (χ2n) is 3.46. The molecular weight excluding hydrogens is 302 g/mol. The number of amides is 2. The van der Waals surface area contributed by atoms with Crippen LogP contribution >= 0.6 is 15.9 Å². The number of urea groups is 1. The van der Waals surface area contributed by atoms with E-state index in [-0.39, 0.29) is 12.0 Å². The Morgan fingerprint density at radius 1 is 1.56 bits per heavy atom. The summed E-state index contributed by atoms with van der Waals surface area (Å²) < 4.78 is 7.28. The molecule has 0 aliphatic carbocycles. The van der Waals surface area contributed by atoms with Crippen LogP contribution in [0, 0.1) is 0 Å². The van der Waals surface area contributed by atoms with E-state index in [9.17, 15) is 4.79 Å². The Hall–Kier alpha value is -1.67. The summed E-state index contributed by atoms with van der Waals surface area (Å²) >= 11 is 3.33. The molecule has 2 N–H and O–H groups in total. The highest BCUT2D eigenvalue weighted by Crippen LogP contribution is 2.11. The topological polar surface area (TPSA) is 80.5 Å². The molecule has 2 rings (SSSR count). The molecule has 2 aromatic heterocycles. The number of hydrogen-bond acceptors (Lipinski definition) is 4. The fraction of sp³-hybridized carbons (Fsp3) is 0.300. The fourth-order valence-electron chi connectivity index (χ4n) is 1.32. The second kappa shape index (κ2) is 5.78. The Morgan fingerprint density at radius 2 is 2.39 bits per heavy atom. The number of carbonyl (C=O) groups excluding carboxylic acids is 1. The minimum atomic E-state index is -0.359. The summed E-state index contributed by atoms with van der Waals surface area (Å²) in [7, 11) is 1.57. The van der Waals surface area contributed by atoms with Gasteiger partial charge in [0.05, 0.1) is 6.61 Å². The number of nitrogens with one attached hydrogen (secondary N) is 2. The maximum Gasteiger partial charge on any atom is 0.321 e. The molecule has 0 radical (unpaired) electrons. The molecule has 18 heavy (non-hydrogen) atoms. The van der Waals surface area contributed by atoms with Gasteiger partial charge in [0, 0.05) is 24.3 Å². The molecule has 96 valence electrons. The molecule has 8 heteroatoms. The van der Waals surface area contributed by atoms with Gasteiger partial charge in [-0.05, 0) is 28.1 Å². The molecule has 0 saturated carbocycles. The highest BCUT2D eigenvalue weighted by molar-refractivity contribution is 9.10. The first-order valence-corrected chi connectivity index (χ1v) is 6.04. The molecule has 0 fully saturated rings. The molecule has 7 nitrogen and oxygen atoms in total. The van der Waals surface area contributed by atoms with E-state index in [0.29, 0.717) is 18.8 Å². The molecule has 2 amide bonds. The largest absolute Gasteiger partial charge is 0.383 e. The van der Waals surface area contributed by atoms with Gasteiger partial charge in [-0.15, -0.1) is 5.10 Å². The molecule has 0 aliphatic rings. The summed E-state index contributed by atoms with van der Waals surface area (Å²) in [6, 6.07) is 3.29. The van der Waals surface area contributed by atoms with Gasteiger partial charge in [-0.25, -0.2) is 9.31 Å². The van der Waals surface area contributed by atoms with Crippen LogP contribution in [0.15, 0.2) is 22.8 Å². The predicted octanol–water partition coefficient (Wildman–Crippen LogP) is 1.26. The quantitative estimate of drug-likeness (QED) is 0.833. The third kappa shape index (κ3) is 3.17. The van der Waals surface area contributed by atoms with E-state index in [1.807, 2.05) is 6.07 Å². The zero-order valence-electron chi connectivity index (χ0n) is 9.68. The third-order valence-electron chi connectivity index (χ3n) is 2.11. The smallest absolute Gasteiger partial charge is 0.321 e. The second-order valence-corrected chi connectivity index (χ2v) is 4.37. The van der Waals surface area contributed by atoms with Crippen molar-refractivity contribution < 1.29 is 9.53 Å². The van der Waals surface area contributed by atoms with Crippen LogP contribution in [0.3, 0.4) is 0 Å². The van der Waals surface area contributed by atoms with E-state index in [2.05, 4.69) is 36.6 Å². The van der Waals surface area contributed by atoms with Crippen molar-refractivity contribution in [2.45, 2.75) is 0 Å². The maximum absolute atomic E-state index is 11.5. The lowest BCUT2D eigenvalue weighted by Gasteiger charge is -2.03. The molecular formula is C10H12BrN5O2. The number of hydrogen-bond donors (Lipinski definition) is 2. The molecule has 0 bridgehead atoms. The lowest BCUT2D eigenvalue weighted by atomic mass is 10.5. The first kappa shape index (κ1) is 12.8. The number of anilines is 1. The average Bonchev–Trinajstić information content (AvgIpc) is 2.70. The highest BCUT2D eigenvalue weighted by atomic mass is 79.9. The highest BCUT2D eigenvalue weighted by Gasteiger charge is 2.07. The zero-order chi connectivity index (χ0) is 13.0. The lowest BCUT2D eigenvalue weighted by Crippen LogP contribution is -2.31. The normalized spacial score (nSPS) is 10.6. The summed E-state index contributed by atoms with van der Waals surface area (Å²) in [4.78, 5) is 15.6. The van der Waals surface area contributed by atoms with Gasteiger partial charge >= 0.3 is 6.03 Å². The van der Waals surface area contributed by atoms with Crippen molar-refractivity contribution in [1.82, 2.24) is 19.9 Å². The monoisotopic (exact) mass is 313 g/mol. The van der Waals surface area contributed by atoms with Gasteiger partial charge in [0.25, 0.3) is 5.95 Å². The first-order chi connectivity index (χ1) is 8.69. The van der Waals surface area contributed by atoms with E-state index in [4.69, 9.17) is 4.74 Å². The Balaban J connectivity index is 2.01. The van der Waals surface area contributed by atoms with E-state index in [1.165, 1.54) is 0 Å². The van der Waals surface area contributed by atoms with E-state index < -0.39 is 0 Å². The molecule has 0 saturated heterocycles. The van der Waals surface area contributed by atoms with Crippen molar-refractivity contribution >= 4 is 33.6 Å². The van der Waals surface area contributed by atoms with Crippen molar-refractivity contribution in [3.05, 3.63) is 22.8 Å². The minimum Gasteiger partial charge on any atom is -0.383 e. The maximum atomic E-state index is 11.5. The number of rotatable bonds is 4. The van der Waals surface area contributed by atoms with Crippen LogP contribution in [-0.2, 0) is 4.74 Å². The van der Waals surface area contributed by atoms with Crippen molar-refractivity contribution in [3.63, 3.8) is 0 Å². The fourth-order valence-corrected chi connectivity index (χ4v) is 1.65.